The van der Waals surface area contributed by atoms with Crippen LogP contribution in [0.4, 0.5) is 0 Å². The van der Waals surface area contributed by atoms with Crippen LogP contribution in [0.15, 0.2) is 70.3 Å². The van der Waals surface area contributed by atoms with Crippen LogP contribution in [-0.2, 0) is 0 Å². The Morgan fingerprint density at radius 3 is 2.62 bits per heavy atom. The van der Waals surface area contributed by atoms with Crippen LogP contribution in [0, 0.1) is 0 Å². The minimum atomic E-state index is -0.651. The topological polar surface area (TPSA) is 64.1 Å². The van der Waals surface area contributed by atoms with E-state index < -0.39 is 11.1 Å². The summed E-state index contributed by atoms with van der Waals surface area (Å²) in [5.41, 5.74) is 0.602. The molecule has 0 fully saturated rings. The van der Waals surface area contributed by atoms with Crippen molar-refractivity contribution in [3.63, 3.8) is 0 Å². The van der Waals surface area contributed by atoms with Crippen LogP contribution in [0.25, 0.3) is 27.5 Å². The summed E-state index contributed by atoms with van der Waals surface area (Å²) < 4.78 is 6.65. The van der Waals surface area contributed by atoms with Crippen molar-refractivity contribution in [2.24, 2.45) is 0 Å². The van der Waals surface area contributed by atoms with E-state index in [0.29, 0.717) is 22.5 Å². The van der Waals surface area contributed by atoms with Gasteiger partial charge in [0.05, 0.1) is 23.8 Å². The maximum Gasteiger partial charge on any atom is 0.321 e. The first-order chi connectivity index (χ1) is 11.7. The van der Waals surface area contributed by atoms with E-state index in [-0.39, 0.29) is 0 Å². The third kappa shape index (κ3) is 2.10. The van der Waals surface area contributed by atoms with Crippen molar-refractivity contribution in [2.45, 2.75) is 0 Å². The molecule has 5 nitrogen and oxygen atoms in total. The van der Waals surface area contributed by atoms with Crippen molar-refractivity contribution in [3.05, 3.63) is 81.4 Å². The molecule has 0 unspecified atom stereocenters. The predicted octanol–water partition coefficient (Wildman–Crippen LogP) is 2.84. The van der Waals surface area contributed by atoms with Gasteiger partial charge in [-0.25, -0.2) is 0 Å². The number of nitrogens with zero attached hydrogens (tertiary/aromatic N) is 1. The van der Waals surface area contributed by atoms with Crippen LogP contribution in [0.3, 0.4) is 0 Å². The Morgan fingerprint density at radius 1 is 0.958 bits per heavy atom. The molecule has 3 aromatic carbocycles. The molecule has 1 N–H and O–H groups in total. The number of fused-ring (bicyclic) bond motifs is 3. The van der Waals surface area contributed by atoms with Gasteiger partial charge in [-0.3, -0.25) is 14.2 Å². The Kier molecular flexibility index (Phi) is 3.20. The highest BCUT2D eigenvalue weighted by Crippen LogP contribution is 2.24. The largest absolute Gasteiger partial charge is 0.497 e. The van der Waals surface area contributed by atoms with E-state index in [1.165, 1.54) is 4.57 Å². The van der Waals surface area contributed by atoms with E-state index in [2.05, 4.69) is 4.98 Å². The van der Waals surface area contributed by atoms with Gasteiger partial charge in [-0.2, -0.15) is 0 Å². The average Bonchev–Trinajstić information content (AvgIpc) is 2.63. The number of hydrogen-bond acceptors (Lipinski definition) is 3. The van der Waals surface area contributed by atoms with Crippen LogP contribution in [0.5, 0.6) is 5.75 Å². The zero-order valence-corrected chi connectivity index (χ0v) is 12.9. The average molecular weight is 318 g/mol. The van der Waals surface area contributed by atoms with Crippen molar-refractivity contribution >= 4 is 21.8 Å². The van der Waals surface area contributed by atoms with E-state index in [1.807, 2.05) is 36.4 Å². The first-order valence-electron chi connectivity index (χ1n) is 7.50. The molecule has 0 bridgehead atoms. The third-order valence-corrected chi connectivity index (χ3v) is 4.10. The standard InChI is InChI=1S/C19H14N2O3/c1-24-14-7-4-6-13(11-14)21-16-10-9-12-5-2-3-8-15(12)17(16)20-18(22)19(21)23/h2-11H,1H3,(H,20,22). The molecular formula is C19H14N2O3. The van der Waals surface area contributed by atoms with Gasteiger partial charge in [0.15, 0.2) is 0 Å². The molecule has 4 aromatic rings. The van der Waals surface area contributed by atoms with Gasteiger partial charge < -0.3 is 9.72 Å². The highest BCUT2D eigenvalue weighted by Gasteiger charge is 2.12. The van der Waals surface area contributed by atoms with Gasteiger partial charge in [0.1, 0.15) is 5.75 Å². The minimum absolute atomic E-state index is 0.589. The molecule has 0 aliphatic heterocycles. The Hall–Kier alpha value is -3.34. The van der Waals surface area contributed by atoms with Gasteiger partial charge >= 0.3 is 11.1 Å². The van der Waals surface area contributed by atoms with E-state index in [0.717, 1.165) is 10.8 Å². The lowest BCUT2D eigenvalue weighted by molar-refractivity contribution is 0.414. The number of hydrogen-bond donors (Lipinski definition) is 1. The maximum absolute atomic E-state index is 12.5. The van der Waals surface area contributed by atoms with Crippen molar-refractivity contribution in [1.82, 2.24) is 9.55 Å². The fourth-order valence-electron chi connectivity index (χ4n) is 2.96. The summed E-state index contributed by atoms with van der Waals surface area (Å²) in [4.78, 5) is 27.4. The fourth-order valence-corrected chi connectivity index (χ4v) is 2.96. The quantitative estimate of drug-likeness (QED) is 0.456. The molecule has 0 aliphatic rings. The lowest BCUT2D eigenvalue weighted by Crippen LogP contribution is -2.35. The number of ether oxygens (including phenoxy) is 1. The molecule has 0 aliphatic carbocycles. The zero-order chi connectivity index (χ0) is 16.7. The molecule has 24 heavy (non-hydrogen) atoms. The number of methoxy groups -OCH3 is 1. The lowest BCUT2D eigenvalue weighted by atomic mass is 10.1. The van der Waals surface area contributed by atoms with Gasteiger partial charge in [0.2, 0.25) is 0 Å². The zero-order valence-electron chi connectivity index (χ0n) is 12.9. The van der Waals surface area contributed by atoms with Crippen molar-refractivity contribution in [1.29, 1.82) is 0 Å². The van der Waals surface area contributed by atoms with Crippen LogP contribution in [0.1, 0.15) is 0 Å². The highest BCUT2D eigenvalue weighted by molar-refractivity contribution is 6.04. The molecule has 0 amide bonds. The Bertz CT molecular complexity index is 1190. The SMILES string of the molecule is COc1cccc(-n2c(=O)c(=O)[nH]c3c4ccccc4ccc32)c1. The summed E-state index contributed by atoms with van der Waals surface area (Å²) in [5.74, 6) is 0.619. The van der Waals surface area contributed by atoms with Crippen molar-refractivity contribution < 1.29 is 4.74 Å². The number of benzene rings is 3. The van der Waals surface area contributed by atoms with E-state index >= 15 is 0 Å². The van der Waals surface area contributed by atoms with E-state index in [9.17, 15) is 9.59 Å². The monoisotopic (exact) mass is 318 g/mol. The molecule has 0 radical (unpaired) electrons. The number of rotatable bonds is 2. The normalized spacial score (nSPS) is 11.0. The maximum atomic E-state index is 12.5. The summed E-state index contributed by atoms with van der Waals surface area (Å²) >= 11 is 0. The highest BCUT2D eigenvalue weighted by atomic mass is 16.5. The molecule has 4 rings (SSSR count). The molecule has 0 spiro atoms. The van der Waals surface area contributed by atoms with Gasteiger partial charge in [-0.15, -0.1) is 0 Å². The van der Waals surface area contributed by atoms with Crippen LogP contribution < -0.4 is 15.9 Å². The van der Waals surface area contributed by atoms with Gasteiger partial charge in [-0.05, 0) is 23.6 Å². The summed E-state index contributed by atoms with van der Waals surface area (Å²) in [5, 5.41) is 1.89. The van der Waals surface area contributed by atoms with Crippen LogP contribution >= 0.6 is 0 Å². The van der Waals surface area contributed by atoms with E-state index in [4.69, 9.17) is 4.74 Å². The minimum Gasteiger partial charge on any atom is -0.497 e. The Morgan fingerprint density at radius 2 is 1.79 bits per heavy atom. The number of nitrogens with one attached hydrogen (secondary N) is 1. The van der Waals surface area contributed by atoms with Gasteiger partial charge in [-0.1, -0.05) is 36.4 Å². The second-order valence-corrected chi connectivity index (χ2v) is 5.48. The predicted molar refractivity (Wildman–Crippen MR) is 94.2 cm³/mol. The first-order valence-corrected chi connectivity index (χ1v) is 7.50. The van der Waals surface area contributed by atoms with Crippen LogP contribution in [0.2, 0.25) is 0 Å². The molecule has 0 saturated heterocycles. The van der Waals surface area contributed by atoms with Gasteiger partial charge in [0, 0.05) is 11.5 Å². The molecule has 5 heteroatoms. The molecule has 118 valence electrons. The summed E-state index contributed by atoms with van der Waals surface area (Å²) in [6.45, 7) is 0. The summed E-state index contributed by atoms with van der Waals surface area (Å²) in [6.07, 6.45) is 0. The first kappa shape index (κ1) is 14.3. The lowest BCUT2D eigenvalue weighted by Gasteiger charge is -2.12. The fraction of sp³-hybridized carbons (Fsp3) is 0.0526. The molecule has 0 atom stereocenters. The Balaban J connectivity index is 2.18. The Labute approximate surface area is 136 Å². The van der Waals surface area contributed by atoms with E-state index in [1.54, 1.807) is 31.4 Å². The smallest absolute Gasteiger partial charge is 0.321 e. The number of H-pyrrole nitrogens is 1. The van der Waals surface area contributed by atoms with Crippen LogP contribution in [-0.4, -0.2) is 16.7 Å². The molecule has 1 aromatic heterocycles. The molecule has 0 saturated carbocycles. The van der Waals surface area contributed by atoms with Gasteiger partial charge in [0.25, 0.3) is 0 Å². The third-order valence-electron chi connectivity index (χ3n) is 4.10. The molecule has 1 heterocycles. The second-order valence-electron chi connectivity index (χ2n) is 5.48. The van der Waals surface area contributed by atoms with Crippen molar-refractivity contribution in [3.8, 4) is 11.4 Å². The van der Waals surface area contributed by atoms with Crippen molar-refractivity contribution in [2.75, 3.05) is 7.11 Å². The molecular weight excluding hydrogens is 304 g/mol. The number of aromatic nitrogens is 2. The number of aromatic amines is 1. The second kappa shape index (κ2) is 5.38. The summed E-state index contributed by atoms with van der Waals surface area (Å²) in [7, 11) is 1.56. The summed E-state index contributed by atoms with van der Waals surface area (Å²) in [6, 6.07) is 18.6.